The molecule has 0 unspecified atom stereocenters. The lowest BCUT2D eigenvalue weighted by atomic mass is 10.1. The van der Waals surface area contributed by atoms with Crippen molar-refractivity contribution < 1.29 is 9.47 Å². The Hall–Kier alpha value is -1.61. The zero-order valence-electron chi connectivity index (χ0n) is 9.56. The molecular formula is C13H15NO2. The van der Waals surface area contributed by atoms with Crippen molar-refractivity contribution >= 4 is 10.9 Å². The Morgan fingerprint density at radius 1 is 1.19 bits per heavy atom. The summed E-state index contributed by atoms with van der Waals surface area (Å²) in [6.07, 6.45) is 1.82. The molecule has 0 saturated carbocycles. The Balaban J connectivity index is 2.23. The van der Waals surface area contributed by atoms with Crippen molar-refractivity contribution in [3.8, 4) is 5.75 Å². The van der Waals surface area contributed by atoms with E-state index in [0.717, 1.165) is 11.3 Å². The van der Waals surface area contributed by atoms with Crippen LogP contribution in [-0.4, -0.2) is 25.3 Å². The van der Waals surface area contributed by atoms with Gasteiger partial charge in [0.15, 0.2) is 0 Å². The van der Waals surface area contributed by atoms with Gasteiger partial charge < -0.3 is 9.47 Å². The number of pyridine rings is 1. The fourth-order valence-electron chi connectivity index (χ4n) is 1.60. The van der Waals surface area contributed by atoms with Crippen LogP contribution in [0.5, 0.6) is 5.75 Å². The molecule has 2 aromatic rings. The van der Waals surface area contributed by atoms with E-state index in [0.29, 0.717) is 13.2 Å². The molecule has 1 aromatic carbocycles. The number of hydrogen-bond donors (Lipinski definition) is 0. The molecule has 0 N–H and O–H groups in total. The molecule has 2 rings (SSSR count). The second kappa shape index (κ2) is 4.94. The molecule has 0 fully saturated rings. The van der Waals surface area contributed by atoms with Crippen LogP contribution >= 0.6 is 0 Å². The molecule has 0 aliphatic heterocycles. The van der Waals surface area contributed by atoms with Crippen molar-refractivity contribution in [1.82, 2.24) is 4.98 Å². The number of rotatable bonds is 4. The average Bonchev–Trinajstić information content (AvgIpc) is 2.30. The molecular weight excluding hydrogens is 202 g/mol. The average molecular weight is 217 g/mol. The number of hydrogen-bond acceptors (Lipinski definition) is 3. The smallest absolute Gasteiger partial charge is 0.121 e. The van der Waals surface area contributed by atoms with Crippen molar-refractivity contribution in [2.45, 2.75) is 6.92 Å². The molecule has 1 heterocycles. The molecule has 16 heavy (non-hydrogen) atoms. The number of ether oxygens (including phenoxy) is 2. The first kappa shape index (κ1) is 10.9. The number of benzene rings is 1. The molecule has 0 bridgehead atoms. The molecule has 0 atom stereocenters. The van der Waals surface area contributed by atoms with Gasteiger partial charge >= 0.3 is 0 Å². The highest BCUT2D eigenvalue weighted by molar-refractivity contribution is 5.82. The largest absolute Gasteiger partial charge is 0.491 e. The van der Waals surface area contributed by atoms with Gasteiger partial charge in [-0.15, -0.1) is 0 Å². The fraction of sp³-hybridized carbons (Fsp3) is 0.308. The first-order chi connectivity index (χ1) is 7.81. The van der Waals surface area contributed by atoms with E-state index in [4.69, 9.17) is 9.47 Å². The molecule has 1 aromatic heterocycles. The third-order valence-electron chi connectivity index (χ3n) is 2.49. The van der Waals surface area contributed by atoms with E-state index >= 15 is 0 Å². The summed E-state index contributed by atoms with van der Waals surface area (Å²) in [7, 11) is 1.66. The number of nitrogens with zero attached hydrogens (tertiary/aromatic N) is 1. The van der Waals surface area contributed by atoms with E-state index in [2.05, 4.69) is 11.9 Å². The predicted molar refractivity (Wildman–Crippen MR) is 63.9 cm³/mol. The summed E-state index contributed by atoms with van der Waals surface area (Å²) in [4.78, 5) is 4.32. The van der Waals surface area contributed by atoms with E-state index in [9.17, 15) is 0 Å². The quantitative estimate of drug-likeness (QED) is 0.737. The number of methoxy groups -OCH3 is 1. The SMILES string of the molecule is COCCOc1ccc2c(C)ccnc2c1. The molecule has 0 radical (unpaired) electrons. The van der Waals surface area contributed by atoms with Gasteiger partial charge in [0.05, 0.1) is 12.1 Å². The Bertz CT molecular complexity index is 482. The lowest BCUT2D eigenvalue weighted by Crippen LogP contribution is -2.04. The lowest BCUT2D eigenvalue weighted by molar-refractivity contribution is 0.146. The minimum Gasteiger partial charge on any atom is -0.491 e. The van der Waals surface area contributed by atoms with Crippen LogP contribution in [0.2, 0.25) is 0 Å². The maximum atomic E-state index is 5.53. The van der Waals surface area contributed by atoms with Crippen molar-refractivity contribution in [2.24, 2.45) is 0 Å². The van der Waals surface area contributed by atoms with Crippen molar-refractivity contribution in [2.75, 3.05) is 20.3 Å². The van der Waals surface area contributed by atoms with Gasteiger partial charge in [-0.1, -0.05) is 0 Å². The molecule has 3 heteroatoms. The molecule has 0 aliphatic rings. The van der Waals surface area contributed by atoms with E-state index in [1.807, 2.05) is 30.5 Å². The summed E-state index contributed by atoms with van der Waals surface area (Å²) in [5.41, 5.74) is 2.20. The van der Waals surface area contributed by atoms with Gasteiger partial charge in [-0.05, 0) is 30.7 Å². The zero-order chi connectivity index (χ0) is 11.4. The van der Waals surface area contributed by atoms with Crippen molar-refractivity contribution in [3.05, 3.63) is 36.0 Å². The van der Waals surface area contributed by atoms with Crippen LogP contribution in [0.3, 0.4) is 0 Å². The van der Waals surface area contributed by atoms with E-state index in [1.54, 1.807) is 7.11 Å². The highest BCUT2D eigenvalue weighted by Crippen LogP contribution is 2.21. The van der Waals surface area contributed by atoms with Crippen molar-refractivity contribution in [1.29, 1.82) is 0 Å². The van der Waals surface area contributed by atoms with E-state index in [-0.39, 0.29) is 0 Å². The standard InChI is InChI=1S/C13H15NO2/c1-10-5-6-14-13-9-11(3-4-12(10)13)16-8-7-15-2/h3-6,9H,7-8H2,1-2H3. The van der Waals surface area contributed by atoms with Crippen LogP contribution in [0, 0.1) is 6.92 Å². The lowest BCUT2D eigenvalue weighted by Gasteiger charge is -2.07. The molecule has 0 aliphatic carbocycles. The van der Waals surface area contributed by atoms with Gasteiger partial charge in [0, 0.05) is 24.8 Å². The summed E-state index contributed by atoms with van der Waals surface area (Å²) in [5.74, 6) is 0.836. The monoisotopic (exact) mass is 217 g/mol. The van der Waals surface area contributed by atoms with Crippen LogP contribution < -0.4 is 4.74 Å². The summed E-state index contributed by atoms with van der Waals surface area (Å²) in [6, 6.07) is 7.97. The first-order valence-corrected chi connectivity index (χ1v) is 5.28. The Morgan fingerprint density at radius 3 is 2.88 bits per heavy atom. The highest BCUT2D eigenvalue weighted by Gasteiger charge is 2.00. The van der Waals surface area contributed by atoms with Crippen LogP contribution in [0.15, 0.2) is 30.5 Å². The van der Waals surface area contributed by atoms with Gasteiger partial charge in [-0.3, -0.25) is 4.98 Å². The minimum absolute atomic E-state index is 0.563. The van der Waals surface area contributed by atoms with Gasteiger partial charge in [0.25, 0.3) is 0 Å². The van der Waals surface area contributed by atoms with E-state index < -0.39 is 0 Å². The highest BCUT2D eigenvalue weighted by atomic mass is 16.5. The molecule has 0 saturated heterocycles. The molecule has 0 spiro atoms. The number of aryl methyl sites for hydroxylation is 1. The Labute approximate surface area is 95.0 Å². The number of aromatic nitrogens is 1. The Kier molecular flexibility index (Phi) is 3.37. The van der Waals surface area contributed by atoms with Gasteiger partial charge in [-0.2, -0.15) is 0 Å². The van der Waals surface area contributed by atoms with Crippen molar-refractivity contribution in [3.63, 3.8) is 0 Å². The summed E-state index contributed by atoms with van der Waals surface area (Å²) < 4.78 is 10.5. The molecule has 3 nitrogen and oxygen atoms in total. The van der Waals surface area contributed by atoms with Crippen LogP contribution in [0.25, 0.3) is 10.9 Å². The molecule has 0 amide bonds. The zero-order valence-corrected chi connectivity index (χ0v) is 9.56. The second-order valence-electron chi connectivity index (χ2n) is 3.65. The maximum Gasteiger partial charge on any atom is 0.121 e. The van der Waals surface area contributed by atoms with Crippen LogP contribution in [0.4, 0.5) is 0 Å². The summed E-state index contributed by atoms with van der Waals surface area (Å²) in [5, 5.41) is 1.17. The van der Waals surface area contributed by atoms with Gasteiger partial charge in [0.1, 0.15) is 12.4 Å². The Morgan fingerprint density at radius 2 is 2.06 bits per heavy atom. The first-order valence-electron chi connectivity index (χ1n) is 5.28. The van der Waals surface area contributed by atoms with E-state index in [1.165, 1.54) is 10.9 Å². The third-order valence-corrected chi connectivity index (χ3v) is 2.49. The predicted octanol–water partition coefficient (Wildman–Crippen LogP) is 2.57. The molecule has 84 valence electrons. The minimum atomic E-state index is 0.563. The van der Waals surface area contributed by atoms with Gasteiger partial charge in [-0.25, -0.2) is 0 Å². The second-order valence-corrected chi connectivity index (χ2v) is 3.65. The third kappa shape index (κ3) is 2.31. The normalized spacial score (nSPS) is 10.6. The number of fused-ring (bicyclic) bond motifs is 1. The van der Waals surface area contributed by atoms with Crippen LogP contribution in [-0.2, 0) is 4.74 Å². The van der Waals surface area contributed by atoms with Crippen LogP contribution in [0.1, 0.15) is 5.56 Å². The fourth-order valence-corrected chi connectivity index (χ4v) is 1.60. The summed E-state index contributed by atoms with van der Waals surface area (Å²) in [6.45, 7) is 3.24. The topological polar surface area (TPSA) is 31.4 Å². The maximum absolute atomic E-state index is 5.53. The summed E-state index contributed by atoms with van der Waals surface area (Å²) >= 11 is 0. The van der Waals surface area contributed by atoms with Gasteiger partial charge in [0.2, 0.25) is 0 Å².